The SMILES string of the molecule is Nc1c2c(-c3cccc(F)c3F)nc(NCCc3cccs3)nc2nn1Cc1ccccc1. The molecule has 0 saturated heterocycles. The van der Waals surface area contributed by atoms with Gasteiger partial charge in [-0.2, -0.15) is 4.98 Å². The third-order valence-corrected chi connectivity index (χ3v) is 6.19. The van der Waals surface area contributed by atoms with Crippen LogP contribution in [0.1, 0.15) is 10.4 Å². The van der Waals surface area contributed by atoms with Crippen LogP contribution in [0, 0.1) is 11.6 Å². The molecule has 0 fully saturated rings. The van der Waals surface area contributed by atoms with Gasteiger partial charge in [-0.05, 0) is 35.6 Å². The standard InChI is InChI=1S/C24H20F2N6S/c25-18-10-4-9-17(20(18)26)21-19-22(27)32(14-15-6-2-1-3-7-15)31-23(19)30-24(29-21)28-12-11-16-8-5-13-33-16/h1-10,13H,11-12,14,27H2,(H,28,30,31). The average Bonchev–Trinajstić information content (AvgIpc) is 3.44. The lowest BCUT2D eigenvalue weighted by molar-refractivity contribution is 0.511. The largest absolute Gasteiger partial charge is 0.383 e. The smallest absolute Gasteiger partial charge is 0.225 e. The van der Waals surface area contributed by atoms with Gasteiger partial charge >= 0.3 is 0 Å². The number of nitrogens with two attached hydrogens (primary N) is 1. The van der Waals surface area contributed by atoms with E-state index in [1.165, 1.54) is 17.0 Å². The summed E-state index contributed by atoms with van der Waals surface area (Å²) in [5.41, 5.74) is 7.94. The Morgan fingerprint density at radius 3 is 2.61 bits per heavy atom. The topological polar surface area (TPSA) is 81.7 Å². The Hall–Kier alpha value is -3.85. The molecule has 0 atom stereocenters. The van der Waals surface area contributed by atoms with Crippen molar-refractivity contribution in [1.29, 1.82) is 0 Å². The predicted molar refractivity (Wildman–Crippen MR) is 127 cm³/mol. The normalized spacial score (nSPS) is 11.2. The first-order valence-corrected chi connectivity index (χ1v) is 11.3. The second-order valence-corrected chi connectivity index (χ2v) is 8.51. The van der Waals surface area contributed by atoms with Crippen LogP contribution >= 0.6 is 11.3 Å². The first kappa shape index (κ1) is 21.0. The number of nitrogens with zero attached hydrogens (tertiary/aromatic N) is 4. The van der Waals surface area contributed by atoms with Gasteiger partial charge in [-0.25, -0.2) is 18.4 Å². The fourth-order valence-electron chi connectivity index (χ4n) is 3.64. The first-order valence-electron chi connectivity index (χ1n) is 10.4. The van der Waals surface area contributed by atoms with E-state index in [0.29, 0.717) is 24.1 Å². The lowest BCUT2D eigenvalue weighted by Crippen LogP contribution is -2.08. The van der Waals surface area contributed by atoms with Crippen molar-refractivity contribution in [2.24, 2.45) is 0 Å². The fraction of sp³-hybridized carbons (Fsp3) is 0.125. The van der Waals surface area contributed by atoms with Gasteiger partial charge in [-0.3, -0.25) is 0 Å². The number of fused-ring (bicyclic) bond motifs is 1. The van der Waals surface area contributed by atoms with E-state index in [0.717, 1.165) is 18.1 Å². The Labute approximate surface area is 192 Å². The van der Waals surface area contributed by atoms with E-state index in [4.69, 9.17) is 5.73 Å². The molecule has 0 radical (unpaired) electrons. The Morgan fingerprint density at radius 1 is 0.970 bits per heavy atom. The number of halogens is 2. The summed E-state index contributed by atoms with van der Waals surface area (Å²) in [6, 6.07) is 17.7. The van der Waals surface area contributed by atoms with E-state index in [9.17, 15) is 8.78 Å². The lowest BCUT2D eigenvalue weighted by atomic mass is 10.1. The Kier molecular flexibility index (Phi) is 5.70. The Morgan fingerprint density at radius 2 is 1.82 bits per heavy atom. The molecule has 0 unspecified atom stereocenters. The molecule has 0 aliphatic heterocycles. The summed E-state index contributed by atoms with van der Waals surface area (Å²) in [6.45, 7) is 0.993. The molecule has 2 aromatic carbocycles. The average molecular weight is 463 g/mol. The van der Waals surface area contributed by atoms with Crippen molar-refractivity contribution in [3.05, 3.63) is 88.1 Å². The molecule has 5 rings (SSSR count). The number of nitrogen functional groups attached to an aromatic ring is 1. The van der Waals surface area contributed by atoms with E-state index in [-0.39, 0.29) is 23.0 Å². The molecule has 0 aliphatic carbocycles. The van der Waals surface area contributed by atoms with Gasteiger partial charge in [0.15, 0.2) is 17.3 Å². The molecule has 33 heavy (non-hydrogen) atoms. The van der Waals surface area contributed by atoms with Gasteiger partial charge in [0, 0.05) is 17.0 Å². The van der Waals surface area contributed by atoms with Crippen molar-refractivity contribution in [3.63, 3.8) is 0 Å². The summed E-state index contributed by atoms with van der Waals surface area (Å²) >= 11 is 1.67. The molecule has 0 aliphatic rings. The van der Waals surface area contributed by atoms with Crippen LogP contribution in [-0.4, -0.2) is 26.3 Å². The minimum Gasteiger partial charge on any atom is -0.383 e. The summed E-state index contributed by atoms with van der Waals surface area (Å²) in [5, 5.41) is 10.1. The summed E-state index contributed by atoms with van der Waals surface area (Å²) in [6.07, 6.45) is 0.785. The van der Waals surface area contributed by atoms with Crippen molar-refractivity contribution in [2.75, 3.05) is 17.6 Å². The zero-order chi connectivity index (χ0) is 22.8. The van der Waals surface area contributed by atoms with Crippen molar-refractivity contribution < 1.29 is 8.78 Å². The second-order valence-electron chi connectivity index (χ2n) is 7.48. The zero-order valence-electron chi connectivity index (χ0n) is 17.5. The summed E-state index contributed by atoms with van der Waals surface area (Å²) in [4.78, 5) is 10.2. The number of thiophene rings is 1. The van der Waals surface area contributed by atoms with Crippen LogP contribution in [0.5, 0.6) is 0 Å². The molecular formula is C24H20F2N6S. The van der Waals surface area contributed by atoms with Gasteiger partial charge in [0.25, 0.3) is 0 Å². The van der Waals surface area contributed by atoms with Crippen LogP contribution in [0.2, 0.25) is 0 Å². The maximum absolute atomic E-state index is 14.7. The maximum Gasteiger partial charge on any atom is 0.225 e. The van der Waals surface area contributed by atoms with Crippen molar-refractivity contribution in [1.82, 2.24) is 19.7 Å². The molecule has 3 aromatic heterocycles. The highest BCUT2D eigenvalue weighted by Crippen LogP contribution is 2.33. The number of rotatable bonds is 7. The molecule has 9 heteroatoms. The van der Waals surface area contributed by atoms with Crippen molar-refractivity contribution in [2.45, 2.75) is 13.0 Å². The van der Waals surface area contributed by atoms with E-state index in [2.05, 4.69) is 26.4 Å². The number of aromatic nitrogens is 4. The van der Waals surface area contributed by atoms with Crippen molar-refractivity contribution >= 4 is 34.1 Å². The molecule has 5 aromatic rings. The first-order chi connectivity index (χ1) is 16.1. The third kappa shape index (κ3) is 4.27. The Balaban J connectivity index is 1.58. The lowest BCUT2D eigenvalue weighted by Gasteiger charge is -2.09. The van der Waals surface area contributed by atoms with Gasteiger partial charge in [0.2, 0.25) is 5.95 Å². The van der Waals surface area contributed by atoms with Gasteiger partial charge in [0.1, 0.15) is 5.82 Å². The molecular weight excluding hydrogens is 442 g/mol. The van der Waals surface area contributed by atoms with Gasteiger partial charge in [0.05, 0.1) is 17.6 Å². The second kappa shape index (κ2) is 8.95. The fourth-order valence-corrected chi connectivity index (χ4v) is 4.35. The number of nitrogens with one attached hydrogen (secondary N) is 1. The number of hydrogen-bond acceptors (Lipinski definition) is 6. The quantitative estimate of drug-likeness (QED) is 0.351. The van der Waals surface area contributed by atoms with E-state index >= 15 is 0 Å². The molecule has 6 nitrogen and oxygen atoms in total. The number of hydrogen-bond donors (Lipinski definition) is 2. The highest BCUT2D eigenvalue weighted by Gasteiger charge is 2.21. The van der Waals surface area contributed by atoms with E-state index in [1.807, 2.05) is 41.8 Å². The monoisotopic (exact) mass is 462 g/mol. The minimum absolute atomic E-state index is 0.00895. The van der Waals surface area contributed by atoms with Crippen LogP contribution in [0.3, 0.4) is 0 Å². The minimum atomic E-state index is -0.989. The highest BCUT2D eigenvalue weighted by molar-refractivity contribution is 7.09. The Bertz CT molecular complexity index is 1400. The predicted octanol–water partition coefficient (Wildman–Crippen LogP) is 5.12. The summed E-state index contributed by atoms with van der Waals surface area (Å²) in [5.74, 6) is -1.38. The van der Waals surface area contributed by atoms with Crippen LogP contribution in [-0.2, 0) is 13.0 Å². The third-order valence-electron chi connectivity index (χ3n) is 5.26. The highest BCUT2D eigenvalue weighted by atomic mass is 32.1. The zero-order valence-corrected chi connectivity index (χ0v) is 18.3. The van der Waals surface area contributed by atoms with Gasteiger partial charge < -0.3 is 11.1 Å². The number of anilines is 2. The molecule has 3 heterocycles. The van der Waals surface area contributed by atoms with Crippen LogP contribution in [0.15, 0.2) is 66.0 Å². The van der Waals surface area contributed by atoms with Crippen LogP contribution in [0.4, 0.5) is 20.5 Å². The molecule has 0 amide bonds. The molecule has 0 spiro atoms. The molecule has 3 N–H and O–H groups in total. The number of benzene rings is 2. The van der Waals surface area contributed by atoms with Gasteiger partial charge in [-0.1, -0.05) is 42.5 Å². The van der Waals surface area contributed by atoms with Crippen LogP contribution in [0.25, 0.3) is 22.3 Å². The molecule has 0 saturated carbocycles. The van der Waals surface area contributed by atoms with Crippen LogP contribution < -0.4 is 11.1 Å². The summed E-state index contributed by atoms with van der Waals surface area (Å²) in [7, 11) is 0. The molecule has 0 bridgehead atoms. The maximum atomic E-state index is 14.7. The molecule has 166 valence electrons. The van der Waals surface area contributed by atoms with E-state index < -0.39 is 11.6 Å². The summed E-state index contributed by atoms with van der Waals surface area (Å²) < 4.78 is 30.4. The van der Waals surface area contributed by atoms with Gasteiger partial charge in [-0.15, -0.1) is 16.4 Å². The van der Waals surface area contributed by atoms with E-state index in [1.54, 1.807) is 16.0 Å². The van der Waals surface area contributed by atoms with Crippen molar-refractivity contribution in [3.8, 4) is 11.3 Å².